The van der Waals surface area contributed by atoms with E-state index in [0.29, 0.717) is 6.04 Å². The van der Waals surface area contributed by atoms with Crippen LogP contribution in [0.15, 0.2) is 18.2 Å². The van der Waals surface area contributed by atoms with Crippen molar-refractivity contribution < 1.29 is 9.47 Å². The largest absolute Gasteiger partial charge is 0.497 e. The molecule has 3 nitrogen and oxygen atoms in total. The fraction of sp³-hybridized carbons (Fsp3) is 0.571. The van der Waals surface area contributed by atoms with Crippen molar-refractivity contribution in [3.63, 3.8) is 0 Å². The molecule has 0 aromatic heterocycles. The first-order valence-electron chi connectivity index (χ1n) is 6.30. The van der Waals surface area contributed by atoms with Crippen molar-refractivity contribution in [3.8, 4) is 11.5 Å². The Morgan fingerprint density at radius 3 is 2.76 bits per heavy atom. The molecule has 1 aromatic carbocycles. The van der Waals surface area contributed by atoms with Crippen molar-refractivity contribution in [3.05, 3.63) is 23.8 Å². The van der Waals surface area contributed by atoms with Crippen molar-refractivity contribution in [2.45, 2.75) is 31.7 Å². The van der Waals surface area contributed by atoms with Gasteiger partial charge in [-0.05, 0) is 25.5 Å². The Bertz CT molecular complexity index is 357. The molecule has 3 heteroatoms. The summed E-state index contributed by atoms with van der Waals surface area (Å²) in [5.41, 5.74) is 1.25. The molecule has 1 heterocycles. The third-order valence-electron chi connectivity index (χ3n) is 3.38. The first-order chi connectivity index (χ1) is 8.35. The van der Waals surface area contributed by atoms with Crippen molar-refractivity contribution in [2.75, 3.05) is 20.8 Å². The molecular formula is C14H21NO2. The summed E-state index contributed by atoms with van der Waals surface area (Å²) in [6.07, 6.45) is 5.06. The van der Waals surface area contributed by atoms with E-state index in [4.69, 9.17) is 9.47 Å². The molecule has 0 unspecified atom stereocenters. The zero-order valence-electron chi connectivity index (χ0n) is 10.7. The second kappa shape index (κ2) is 5.92. The van der Waals surface area contributed by atoms with Gasteiger partial charge in [0.1, 0.15) is 11.5 Å². The van der Waals surface area contributed by atoms with Gasteiger partial charge in [0.25, 0.3) is 0 Å². The molecule has 17 heavy (non-hydrogen) atoms. The van der Waals surface area contributed by atoms with Gasteiger partial charge in [-0.2, -0.15) is 0 Å². The monoisotopic (exact) mass is 235 g/mol. The summed E-state index contributed by atoms with van der Waals surface area (Å²) in [5, 5.41) is 3.59. The highest BCUT2D eigenvalue weighted by atomic mass is 16.5. The maximum atomic E-state index is 5.46. The lowest BCUT2D eigenvalue weighted by molar-refractivity contribution is 0.383. The third-order valence-corrected chi connectivity index (χ3v) is 3.38. The predicted molar refractivity (Wildman–Crippen MR) is 68.8 cm³/mol. The van der Waals surface area contributed by atoms with Crippen LogP contribution in [0.25, 0.3) is 0 Å². The summed E-state index contributed by atoms with van der Waals surface area (Å²) in [7, 11) is 3.40. The number of hydrogen-bond donors (Lipinski definition) is 1. The molecule has 0 bridgehead atoms. The lowest BCUT2D eigenvalue weighted by Gasteiger charge is -2.19. The highest BCUT2D eigenvalue weighted by molar-refractivity contribution is 5.42. The molecule has 1 aromatic rings. The van der Waals surface area contributed by atoms with E-state index in [0.717, 1.165) is 18.0 Å². The van der Waals surface area contributed by atoms with Crippen LogP contribution < -0.4 is 14.8 Å². The van der Waals surface area contributed by atoms with E-state index < -0.39 is 0 Å². The molecule has 1 N–H and O–H groups in total. The van der Waals surface area contributed by atoms with Crippen LogP contribution in [-0.2, 0) is 0 Å². The number of methoxy groups -OCH3 is 2. The van der Waals surface area contributed by atoms with Gasteiger partial charge < -0.3 is 14.8 Å². The van der Waals surface area contributed by atoms with Crippen LogP contribution in [-0.4, -0.2) is 20.8 Å². The average molecular weight is 235 g/mol. The molecule has 1 aliphatic heterocycles. The Labute approximate surface area is 103 Å². The summed E-state index contributed by atoms with van der Waals surface area (Å²) >= 11 is 0. The highest BCUT2D eigenvalue weighted by Gasteiger charge is 2.17. The third kappa shape index (κ3) is 2.91. The fourth-order valence-electron chi connectivity index (χ4n) is 2.40. The van der Waals surface area contributed by atoms with Gasteiger partial charge in [-0.3, -0.25) is 0 Å². The molecule has 0 saturated carbocycles. The van der Waals surface area contributed by atoms with Crippen LogP contribution in [0.1, 0.15) is 37.3 Å². The zero-order valence-corrected chi connectivity index (χ0v) is 10.7. The Hall–Kier alpha value is -1.22. The number of ether oxygens (including phenoxy) is 2. The summed E-state index contributed by atoms with van der Waals surface area (Å²) in [6, 6.07) is 6.49. The Morgan fingerprint density at radius 1 is 1.12 bits per heavy atom. The Kier molecular flexibility index (Phi) is 4.26. The van der Waals surface area contributed by atoms with E-state index in [-0.39, 0.29) is 0 Å². The van der Waals surface area contributed by atoms with Crippen LogP contribution in [0.2, 0.25) is 0 Å². The van der Waals surface area contributed by atoms with E-state index in [1.165, 1.54) is 31.2 Å². The predicted octanol–water partition coefficient (Wildman–Crippen LogP) is 2.91. The highest BCUT2D eigenvalue weighted by Crippen LogP contribution is 2.32. The number of benzene rings is 1. The van der Waals surface area contributed by atoms with Gasteiger partial charge in [0.15, 0.2) is 0 Å². The smallest absolute Gasteiger partial charge is 0.127 e. The normalized spacial score (nSPS) is 20.7. The Balaban J connectivity index is 2.23. The topological polar surface area (TPSA) is 30.5 Å². The molecule has 94 valence electrons. The van der Waals surface area contributed by atoms with Crippen molar-refractivity contribution in [2.24, 2.45) is 0 Å². The van der Waals surface area contributed by atoms with Crippen LogP contribution in [0.4, 0.5) is 0 Å². The molecule has 0 spiro atoms. The van der Waals surface area contributed by atoms with Gasteiger partial charge in [-0.15, -0.1) is 0 Å². The molecule has 0 radical (unpaired) electrons. The Morgan fingerprint density at radius 2 is 2.00 bits per heavy atom. The van der Waals surface area contributed by atoms with Gasteiger partial charge in [0.05, 0.1) is 14.2 Å². The first kappa shape index (κ1) is 12.2. The van der Waals surface area contributed by atoms with Crippen LogP contribution in [0, 0.1) is 0 Å². The van der Waals surface area contributed by atoms with E-state index in [1.807, 2.05) is 12.1 Å². The van der Waals surface area contributed by atoms with Crippen molar-refractivity contribution >= 4 is 0 Å². The standard InChI is InChI=1S/C14H21NO2/c1-16-11-7-8-12(14(10-11)17-2)13-6-4-3-5-9-15-13/h7-8,10,13,15H,3-6,9H2,1-2H3/t13-/m1/s1. The van der Waals surface area contributed by atoms with E-state index in [2.05, 4.69) is 11.4 Å². The fourth-order valence-corrected chi connectivity index (χ4v) is 2.40. The first-order valence-corrected chi connectivity index (χ1v) is 6.30. The van der Waals surface area contributed by atoms with Crippen LogP contribution in [0.3, 0.4) is 0 Å². The molecule has 1 saturated heterocycles. The number of rotatable bonds is 3. The SMILES string of the molecule is COc1ccc([C@H]2CCCCCN2)c(OC)c1. The minimum atomic E-state index is 0.415. The van der Waals surface area contributed by atoms with Crippen LogP contribution in [0.5, 0.6) is 11.5 Å². The van der Waals surface area contributed by atoms with Crippen molar-refractivity contribution in [1.29, 1.82) is 0 Å². The zero-order chi connectivity index (χ0) is 12.1. The lowest BCUT2D eigenvalue weighted by atomic mass is 10.0. The minimum Gasteiger partial charge on any atom is -0.497 e. The second-order valence-electron chi connectivity index (χ2n) is 4.46. The van der Waals surface area contributed by atoms with Gasteiger partial charge in [0.2, 0.25) is 0 Å². The summed E-state index contributed by atoms with van der Waals surface area (Å²) < 4.78 is 10.7. The minimum absolute atomic E-state index is 0.415. The van der Waals surface area contributed by atoms with Gasteiger partial charge in [0, 0.05) is 17.7 Å². The molecule has 1 aliphatic rings. The maximum Gasteiger partial charge on any atom is 0.127 e. The molecule has 2 rings (SSSR count). The number of hydrogen-bond acceptors (Lipinski definition) is 3. The van der Waals surface area contributed by atoms with Gasteiger partial charge in [-0.25, -0.2) is 0 Å². The van der Waals surface area contributed by atoms with E-state index >= 15 is 0 Å². The second-order valence-corrected chi connectivity index (χ2v) is 4.46. The van der Waals surface area contributed by atoms with Crippen LogP contribution >= 0.6 is 0 Å². The van der Waals surface area contributed by atoms with E-state index in [9.17, 15) is 0 Å². The van der Waals surface area contributed by atoms with E-state index in [1.54, 1.807) is 14.2 Å². The van der Waals surface area contributed by atoms with Gasteiger partial charge in [-0.1, -0.05) is 18.9 Å². The van der Waals surface area contributed by atoms with Gasteiger partial charge >= 0.3 is 0 Å². The molecule has 0 aliphatic carbocycles. The lowest BCUT2D eigenvalue weighted by Crippen LogP contribution is -2.20. The molecular weight excluding hydrogens is 214 g/mol. The molecule has 0 amide bonds. The summed E-state index contributed by atoms with van der Waals surface area (Å²) in [4.78, 5) is 0. The summed E-state index contributed by atoms with van der Waals surface area (Å²) in [5.74, 6) is 1.77. The number of nitrogens with one attached hydrogen (secondary N) is 1. The van der Waals surface area contributed by atoms with Crippen molar-refractivity contribution in [1.82, 2.24) is 5.32 Å². The quantitative estimate of drug-likeness (QED) is 0.873. The summed E-state index contributed by atoms with van der Waals surface area (Å²) in [6.45, 7) is 1.10. The molecule has 1 fully saturated rings. The molecule has 1 atom stereocenters. The average Bonchev–Trinajstić information content (AvgIpc) is 2.66. The maximum absolute atomic E-state index is 5.46.